The van der Waals surface area contributed by atoms with Crippen molar-refractivity contribution >= 4 is 35.1 Å². The molecule has 0 fully saturated rings. The van der Waals surface area contributed by atoms with E-state index in [0.717, 1.165) is 22.6 Å². The summed E-state index contributed by atoms with van der Waals surface area (Å²) in [4.78, 5) is 0. The highest BCUT2D eigenvalue weighted by atomic mass is 35.5. The molecule has 0 spiro atoms. The Labute approximate surface area is 156 Å². The predicted octanol–water partition coefficient (Wildman–Crippen LogP) is 6.02. The minimum atomic E-state index is 0.416. The second-order valence-corrected chi connectivity index (χ2v) is 6.16. The third-order valence-corrected chi connectivity index (χ3v) is 4.17. The lowest BCUT2D eigenvalue weighted by molar-refractivity contribution is 0.306. The van der Waals surface area contributed by atoms with Gasteiger partial charge in [-0.15, -0.1) is 0 Å². The van der Waals surface area contributed by atoms with E-state index in [4.69, 9.17) is 27.9 Å². The van der Waals surface area contributed by atoms with Crippen molar-refractivity contribution in [1.82, 2.24) is 0 Å². The molecule has 0 saturated heterocycles. The smallest absolute Gasteiger partial charge is 0.120 e. The summed E-state index contributed by atoms with van der Waals surface area (Å²) in [6.45, 7) is 0.416. The van der Waals surface area contributed by atoms with Gasteiger partial charge in [-0.05, 0) is 47.5 Å². The van der Waals surface area contributed by atoms with Crippen molar-refractivity contribution in [3.8, 4) is 5.75 Å². The monoisotopic (exact) mass is 370 g/mol. The first-order chi connectivity index (χ1) is 12.2. The zero-order valence-corrected chi connectivity index (χ0v) is 14.8. The molecule has 126 valence electrons. The van der Waals surface area contributed by atoms with Gasteiger partial charge in [0.25, 0.3) is 0 Å². The minimum absolute atomic E-state index is 0.416. The maximum absolute atomic E-state index is 6.02. The van der Waals surface area contributed by atoms with Gasteiger partial charge in [0.05, 0.1) is 21.9 Å². The van der Waals surface area contributed by atoms with Crippen molar-refractivity contribution in [2.45, 2.75) is 6.61 Å². The zero-order valence-electron chi connectivity index (χ0n) is 13.3. The standard InChI is InChI=1S/C20H16Cl2N2O/c21-19-10-9-16(12-20(19)22)14-25-18-8-4-5-15(11-18)13-23-24-17-6-2-1-3-7-17/h1-13,24H,14H2. The van der Waals surface area contributed by atoms with E-state index in [1.807, 2.05) is 60.7 Å². The van der Waals surface area contributed by atoms with E-state index in [1.54, 1.807) is 18.3 Å². The van der Waals surface area contributed by atoms with Gasteiger partial charge in [0.15, 0.2) is 0 Å². The van der Waals surface area contributed by atoms with Crippen molar-refractivity contribution in [3.63, 3.8) is 0 Å². The SMILES string of the molecule is Clc1ccc(COc2cccc(C=NNc3ccccc3)c2)cc1Cl. The third-order valence-electron chi connectivity index (χ3n) is 3.43. The molecular weight excluding hydrogens is 355 g/mol. The van der Waals surface area contributed by atoms with Crippen molar-refractivity contribution < 1.29 is 4.74 Å². The second kappa shape index (κ2) is 8.56. The number of anilines is 1. The fourth-order valence-electron chi connectivity index (χ4n) is 2.17. The van der Waals surface area contributed by atoms with E-state index in [-0.39, 0.29) is 0 Å². The van der Waals surface area contributed by atoms with Gasteiger partial charge in [0, 0.05) is 0 Å². The molecule has 0 bridgehead atoms. The van der Waals surface area contributed by atoms with Crippen LogP contribution in [-0.2, 0) is 6.61 Å². The normalized spacial score (nSPS) is 10.8. The Morgan fingerprint density at radius 2 is 1.72 bits per heavy atom. The summed E-state index contributed by atoms with van der Waals surface area (Å²) in [6, 6.07) is 22.9. The van der Waals surface area contributed by atoms with Gasteiger partial charge >= 0.3 is 0 Å². The Bertz CT molecular complexity index is 867. The molecule has 3 rings (SSSR count). The summed E-state index contributed by atoms with van der Waals surface area (Å²) in [5, 5.41) is 5.29. The van der Waals surface area contributed by atoms with Gasteiger partial charge < -0.3 is 4.74 Å². The molecule has 0 amide bonds. The maximum atomic E-state index is 6.02. The molecule has 0 atom stereocenters. The summed E-state index contributed by atoms with van der Waals surface area (Å²) >= 11 is 11.9. The Morgan fingerprint density at radius 1 is 0.880 bits per heavy atom. The van der Waals surface area contributed by atoms with Crippen LogP contribution in [0, 0.1) is 0 Å². The molecule has 0 heterocycles. The minimum Gasteiger partial charge on any atom is -0.489 e. The highest BCUT2D eigenvalue weighted by Gasteiger charge is 2.01. The highest BCUT2D eigenvalue weighted by molar-refractivity contribution is 6.42. The third kappa shape index (κ3) is 5.24. The Balaban J connectivity index is 1.60. The molecule has 0 aromatic heterocycles. The molecule has 5 heteroatoms. The summed E-state index contributed by atoms with van der Waals surface area (Å²) in [7, 11) is 0. The van der Waals surface area contributed by atoms with Crippen LogP contribution in [0.4, 0.5) is 5.69 Å². The van der Waals surface area contributed by atoms with Crippen LogP contribution in [0.2, 0.25) is 10.0 Å². The van der Waals surface area contributed by atoms with E-state index >= 15 is 0 Å². The quantitative estimate of drug-likeness (QED) is 0.425. The molecule has 0 aliphatic carbocycles. The van der Waals surface area contributed by atoms with E-state index in [2.05, 4.69) is 10.5 Å². The highest BCUT2D eigenvalue weighted by Crippen LogP contribution is 2.23. The average Bonchev–Trinajstić information content (AvgIpc) is 2.64. The van der Waals surface area contributed by atoms with Gasteiger partial charge in [-0.3, -0.25) is 5.43 Å². The largest absolute Gasteiger partial charge is 0.489 e. The Kier molecular flexibility index (Phi) is 5.94. The lowest BCUT2D eigenvalue weighted by Crippen LogP contribution is -1.96. The van der Waals surface area contributed by atoms with Crippen molar-refractivity contribution in [2.24, 2.45) is 5.10 Å². The first-order valence-electron chi connectivity index (χ1n) is 7.71. The number of nitrogens with one attached hydrogen (secondary N) is 1. The number of rotatable bonds is 6. The van der Waals surface area contributed by atoms with Crippen molar-refractivity contribution in [2.75, 3.05) is 5.43 Å². The maximum Gasteiger partial charge on any atom is 0.120 e. The summed E-state index contributed by atoms with van der Waals surface area (Å²) < 4.78 is 5.81. The number of para-hydroxylation sites is 1. The van der Waals surface area contributed by atoms with Crippen LogP contribution >= 0.6 is 23.2 Å². The van der Waals surface area contributed by atoms with E-state index in [1.165, 1.54) is 0 Å². The van der Waals surface area contributed by atoms with Gasteiger partial charge in [-0.1, -0.05) is 59.6 Å². The fourth-order valence-corrected chi connectivity index (χ4v) is 2.50. The van der Waals surface area contributed by atoms with Gasteiger partial charge in [0.2, 0.25) is 0 Å². The van der Waals surface area contributed by atoms with Crippen molar-refractivity contribution in [1.29, 1.82) is 0 Å². The Morgan fingerprint density at radius 3 is 2.52 bits per heavy atom. The number of halogens is 2. The molecule has 3 nitrogen and oxygen atoms in total. The van der Waals surface area contributed by atoms with Crippen LogP contribution in [-0.4, -0.2) is 6.21 Å². The molecular formula is C20H16Cl2N2O. The van der Waals surface area contributed by atoms with Crippen LogP contribution in [0.15, 0.2) is 77.9 Å². The lowest BCUT2D eigenvalue weighted by atomic mass is 10.2. The predicted molar refractivity (Wildman–Crippen MR) is 105 cm³/mol. The van der Waals surface area contributed by atoms with Crippen LogP contribution in [0.3, 0.4) is 0 Å². The number of benzene rings is 3. The van der Waals surface area contributed by atoms with Crippen molar-refractivity contribution in [3.05, 3.63) is 94.0 Å². The van der Waals surface area contributed by atoms with Gasteiger partial charge in [-0.25, -0.2) is 0 Å². The second-order valence-electron chi connectivity index (χ2n) is 5.35. The molecule has 25 heavy (non-hydrogen) atoms. The zero-order chi connectivity index (χ0) is 17.5. The van der Waals surface area contributed by atoms with Crippen LogP contribution in [0.25, 0.3) is 0 Å². The van der Waals surface area contributed by atoms with Crippen LogP contribution in [0.1, 0.15) is 11.1 Å². The van der Waals surface area contributed by atoms with Gasteiger partial charge in [0.1, 0.15) is 12.4 Å². The van der Waals surface area contributed by atoms with E-state index in [0.29, 0.717) is 16.7 Å². The summed E-state index contributed by atoms with van der Waals surface area (Å²) in [6.07, 6.45) is 1.75. The summed E-state index contributed by atoms with van der Waals surface area (Å²) in [5.41, 5.74) is 5.82. The number of hydrogen-bond donors (Lipinski definition) is 1. The van der Waals surface area contributed by atoms with Crippen LogP contribution in [0.5, 0.6) is 5.75 Å². The molecule has 1 N–H and O–H groups in total. The van der Waals surface area contributed by atoms with E-state index < -0.39 is 0 Å². The molecule has 3 aromatic carbocycles. The molecule has 0 saturated carbocycles. The molecule has 3 aromatic rings. The fraction of sp³-hybridized carbons (Fsp3) is 0.0500. The number of ether oxygens (including phenoxy) is 1. The van der Waals surface area contributed by atoms with E-state index in [9.17, 15) is 0 Å². The number of hydrazone groups is 1. The lowest BCUT2D eigenvalue weighted by Gasteiger charge is -2.08. The first kappa shape index (κ1) is 17.3. The summed E-state index contributed by atoms with van der Waals surface area (Å²) in [5.74, 6) is 0.759. The molecule has 0 unspecified atom stereocenters. The molecule has 0 aliphatic rings. The molecule has 0 aliphatic heterocycles. The molecule has 0 radical (unpaired) electrons. The number of nitrogens with zero attached hydrogens (tertiary/aromatic N) is 1. The Hall–Kier alpha value is -2.49. The first-order valence-corrected chi connectivity index (χ1v) is 8.47. The average molecular weight is 371 g/mol. The topological polar surface area (TPSA) is 33.6 Å². The number of hydrogen-bond acceptors (Lipinski definition) is 3. The van der Waals surface area contributed by atoms with Crippen LogP contribution < -0.4 is 10.2 Å². The van der Waals surface area contributed by atoms with Gasteiger partial charge in [-0.2, -0.15) is 5.10 Å².